The molecule has 15 heavy (non-hydrogen) atoms. The van der Waals surface area contributed by atoms with Gasteiger partial charge in [-0.1, -0.05) is 16.7 Å². The summed E-state index contributed by atoms with van der Waals surface area (Å²) in [6.45, 7) is 0. The molecule has 1 aromatic rings. The Bertz CT molecular complexity index is 414. The van der Waals surface area contributed by atoms with Crippen LogP contribution in [0.4, 0.5) is 18.9 Å². The molecule has 0 aliphatic carbocycles. The van der Waals surface area contributed by atoms with Crippen molar-refractivity contribution < 1.29 is 13.2 Å². The number of halogens is 4. The van der Waals surface area contributed by atoms with E-state index in [1.165, 1.54) is 12.1 Å². The maximum atomic E-state index is 12.0. The summed E-state index contributed by atoms with van der Waals surface area (Å²) in [5.41, 5.74) is 3.74. The number of nitrogens with zero attached hydrogens (tertiary/aromatic N) is 3. The van der Waals surface area contributed by atoms with Crippen LogP contribution in [0.5, 0.6) is 0 Å². The summed E-state index contributed by atoms with van der Waals surface area (Å²) in [5.74, 6) is 0. The standard InChI is InChI=1S/C7H3ClF3N3S/c8-5-2-1-4(15-7(9,10)11)3-6(5)13-14-12/h1-3H. The number of alkyl halides is 3. The lowest BCUT2D eigenvalue weighted by Gasteiger charge is -2.06. The van der Waals surface area contributed by atoms with Crippen molar-refractivity contribution in [3.8, 4) is 0 Å². The molecule has 0 N–H and O–H groups in total. The van der Waals surface area contributed by atoms with Crippen molar-refractivity contribution in [1.29, 1.82) is 0 Å². The number of rotatable bonds is 2. The van der Waals surface area contributed by atoms with E-state index in [1.54, 1.807) is 0 Å². The van der Waals surface area contributed by atoms with E-state index in [-0.39, 0.29) is 27.4 Å². The third-order valence-electron chi connectivity index (χ3n) is 1.30. The van der Waals surface area contributed by atoms with Crippen molar-refractivity contribution in [2.24, 2.45) is 5.11 Å². The lowest BCUT2D eigenvalue weighted by atomic mass is 10.3. The third-order valence-corrected chi connectivity index (χ3v) is 2.34. The third kappa shape index (κ3) is 3.91. The quantitative estimate of drug-likeness (QED) is 0.320. The van der Waals surface area contributed by atoms with E-state index in [0.29, 0.717) is 0 Å². The molecule has 80 valence electrons. The van der Waals surface area contributed by atoms with E-state index >= 15 is 0 Å². The number of hydrogen-bond acceptors (Lipinski definition) is 2. The van der Waals surface area contributed by atoms with E-state index in [4.69, 9.17) is 17.1 Å². The molecule has 0 saturated carbocycles. The first-order valence-corrected chi connectivity index (χ1v) is 4.72. The predicted octanol–water partition coefficient (Wildman–Crippen LogP) is 4.89. The van der Waals surface area contributed by atoms with Gasteiger partial charge in [-0.05, 0) is 35.5 Å². The lowest BCUT2D eigenvalue weighted by Crippen LogP contribution is -1.98. The van der Waals surface area contributed by atoms with Gasteiger partial charge >= 0.3 is 5.51 Å². The van der Waals surface area contributed by atoms with Crippen LogP contribution in [0.3, 0.4) is 0 Å². The molecule has 1 aromatic carbocycles. The zero-order valence-corrected chi connectivity index (χ0v) is 8.57. The summed E-state index contributed by atoms with van der Waals surface area (Å²) in [7, 11) is 0. The van der Waals surface area contributed by atoms with Crippen LogP contribution in [0, 0.1) is 0 Å². The molecule has 0 bridgehead atoms. The zero-order chi connectivity index (χ0) is 11.5. The highest BCUT2D eigenvalue weighted by Gasteiger charge is 2.29. The minimum atomic E-state index is -4.37. The van der Waals surface area contributed by atoms with Crippen LogP contribution >= 0.6 is 23.4 Å². The fourth-order valence-corrected chi connectivity index (χ4v) is 1.54. The molecule has 0 spiro atoms. The summed E-state index contributed by atoms with van der Waals surface area (Å²) in [5, 5.41) is 3.28. The molecule has 0 fully saturated rings. The molecule has 8 heteroatoms. The highest BCUT2D eigenvalue weighted by Crippen LogP contribution is 2.39. The Morgan fingerprint density at radius 3 is 2.60 bits per heavy atom. The van der Waals surface area contributed by atoms with Gasteiger partial charge in [-0.3, -0.25) is 0 Å². The van der Waals surface area contributed by atoms with Crippen molar-refractivity contribution in [2.75, 3.05) is 0 Å². The van der Waals surface area contributed by atoms with Gasteiger partial charge in [-0.2, -0.15) is 13.2 Å². The normalized spacial score (nSPS) is 10.9. The van der Waals surface area contributed by atoms with Crippen LogP contribution in [-0.4, -0.2) is 5.51 Å². The lowest BCUT2D eigenvalue weighted by molar-refractivity contribution is -0.0328. The summed E-state index contributed by atoms with van der Waals surface area (Å²) in [4.78, 5) is 2.38. The number of hydrogen-bond donors (Lipinski definition) is 0. The van der Waals surface area contributed by atoms with E-state index in [1.807, 2.05) is 0 Å². The molecule has 0 saturated heterocycles. The Labute approximate surface area is 91.9 Å². The van der Waals surface area contributed by atoms with Gasteiger partial charge in [0.1, 0.15) is 0 Å². The van der Waals surface area contributed by atoms with Gasteiger partial charge in [0, 0.05) is 9.81 Å². The number of benzene rings is 1. The second-order valence-electron chi connectivity index (χ2n) is 2.35. The van der Waals surface area contributed by atoms with Gasteiger partial charge in [-0.15, -0.1) is 0 Å². The Morgan fingerprint density at radius 1 is 1.40 bits per heavy atom. The van der Waals surface area contributed by atoms with E-state index in [0.717, 1.165) is 6.07 Å². The Hall–Kier alpha value is -1.04. The predicted molar refractivity (Wildman–Crippen MR) is 52.2 cm³/mol. The van der Waals surface area contributed by atoms with Crippen molar-refractivity contribution in [1.82, 2.24) is 0 Å². The average Bonchev–Trinajstić information content (AvgIpc) is 2.09. The average molecular weight is 254 g/mol. The van der Waals surface area contributed by atoms with E-state index in [9.17, 15) is 13.2 Å². The highest BCUT2D eigenvalue weighted by atomic mass is 35.5. The largest absolute Gasteiger partial charge is 0.446 e. The number of thioether (sulfide) groups is 1. The van der Waals surface area contributed by atoms with Crippen LogP contribution in [0.1, 0.15) is 0 Å². The smallest absolute Gasteiger partial charge is 0.160 e. The second-order valence-corrected chi connectivity index (χ2v) is 3.90. The Kier molecular flexibility index (Phi) is 3.73. The molecule has 0 aliphatic heterocycles. The minimum absolute atomic E-state index is 0.0200. The first kappa shape index (κ1) is 12.0. The molecule has 3 nitrogen and oxygen atoms in total. The second kappa shape index (κ2) is 4.65. The molecule has 0 aromatic heterocycles. The molecular weight excluding hydrogens is 251 g/mol. The van der Waals surface area contributed by atoms with Crippen molar-refractivity contribution in [3.63, 3.8) is 0 Å². The van der Waals surface area contributed by atoms with E-state index < -0.39 is 5.51 Å². The van der Waals surface area contributed by atoms with Gasteiger partial charge in [-0.25, -0.2) is 0 Å². The van der Waals surface area contributed by atoms with Crippen LogP contribution in [0.2, 0.25) is 5.02 Å². The van der Waals surface area contributed by atoms with Gasteiger partial charge < -0.3 is 0 Å². The fourth-order valence-electron chi connectivity index (χ4n) is 0.814. The summed E-state index contributed by atoms with van der Waals surface area (Å²) >= 11 is 5.30. The van der Waals surface area contributed by atoms with Crippen molar-refractivity contribution in [2.45, 2.75) is 10.4 Å². The summed E-state index contributed by atoms with van der Waals surface area (Å²) in [6.07, 6.45) is 0. The van der Waals surface area contributed by atoms with Gasteiger partial charge in [0.25, 0.3) is 0 Å². The van der Waals surface area contributed by atoms with Crippen molar-refractivity contribution >= 4 is 29.1 Å². The zero-order valence-electron chi connectivity index (χ0n) is 6.99. The number of azide groups is 1. The summed E-state index contributed by atoms with van der Waals surface area (Å²) < 4.78 is 36.0. The van der Waals surface area contributed by atoms with Gasteiger partial charge in [0.2, 0.25) is 0 Å². The van der Waals surface area contributed by atoms with Crippen molar-refractivity contribution in [3.05, 3.63) is 33.7 Å². The SMILES string of the molecule is [N-]=[N+]=Nc1cc(SC(F)(F)F)ccc1Cl. The molecule has 0 heterocycles. The van der Waals surface area contributed by atoms with Crippen LogP contribution in [-0.2, 0) is 0 Å². The molecule has 0 aliphatic rings. The van der Waals surface area contributed by atoms with Gasteiger partial charge in [0.15, 0.2) is 0 Å². The first-order valence-electron chi connectivity index (χ1n) is 3.53. The molecule has 0 amide bonds. The fraction of sp³-hybridized carbons (Fsp3) is 0.143. The molecule has 0 unspecified atom stereocenters. The first-order chi connectivity index (χ1) is 6.92. The topological polar surface area (TPSA) is 48.8 Å². The molecule has 0 radical (unpaired) electrons. The maximum absolute atomic E-state index is 12.0. The minimum Gasteiger partial charge on any atom is -0.160 e. The van der Waals surface area contributed by atoms with E-state index in [2.05, 4.69) is 10.0 Å². The molecule has 1 rings (SSSR count). The Balaban J connectivity index is 3.02. The maximum Gasteiger partial charge on any atom is 0.446 e. The Morgan fingerprint density at radius 2 is 2.07 bits per heavy atom. The highest BCUT2D eigenvalue weighted by molar-refractivity contribution is 8.00. The molecule has 0 atom stereocenters. The monoisotopic (exact) mass is 253 g/mol. The summed E-state index contributed by atoms with van der Waals surface area (Å²) in [6, 6.07) is 3.54. The van der Waals surface area contributed by atoms with Crippen LogP contribution in [0.15, 0.2) is 28.2 Å². The van der Waals surface area contributed by atoms with Crippen LogP contribution in [0.25, 0.3) is 10.4 Å². The van der Waals surface area contributed by atoms with Gasteiger partial charge in [0.05, 0.1) is 10.7 Å². The van der Waals surface area contributed by atoms with Crippen LogP contribution < -0.4 is 0 Å². The molecular formula is C7H3ClF3N3S.